The van der Waals surface area contributed by atoms with Crippen LogP contribution in [0, 0.1) is 11.8 Å². The van der Waals surface area contributed by atoms with Crippen LogP contribution in [-0.4, -0.2) is 55.2 Å². The first-order chi connectivity index (χ1) is 8.69. The molecule has 4 nitrogen and oxygen atoms in total. The van der Waals surface area contributed by atoms with Crippen LogP contribution in [0.1, 0.15) is 20.8 Å². The molecule has 3 atom stereocenters. The highest BCUT2D eigenvalue weighted by molar-refractivity contribution is 5.83. The number of amides is 1. The Labute approximate surface area is 112 Å². The van der Waals surface area contributed by atoms with E-state index >= 15 is 0 Å². The Hall–Kier alpha value is -0.750. The van der Waals surface area contributed by atoms with Gasteiger partial charge in [0.1, 0.15) is 5.92 Å². The topological polar surface area (TPSA) is 38.8 Å². The summed E-state index contributed by atoms with van der Waals surface area (Å²) in [4.78, 5) is 13.7. The van der Waals surface area contributed by atoms with E-state index in [1.807, 2.05) is 13.8 Å². The lowest BCUT2D eigenvalue weighted by Gasteiger charge is -2.42. The molecule has 1 unspecified atom stereocenters. The minimum absolute atomic E-state index is 0.264. The Balaban J connectivity index is 2.05. The van der Waals surface area contributed by atoms with E-state index in [-0.39, 0.29) is 6.10 Å². The number of rotatable bonds is 3. The van der Waals surface area contributed by atoms with Crippen LogP contribution >= 0.6 is 0 Å². The van der Waals surface area contributed by atoms with Crippen LogP contribution in [-0.2, 0) is 14.3 Å². The molecular formula is C13H21F2NO3. The maximum absolute atomic E-state index is 13.3. The lowest BCUT2D eigenvalue weighted by Crippen LogP contribution is -2.56. The van der Waals surface area contributed by atoms with Crippen LogP contribution in [0.5, 0.6) is 0 Å². The van der Waals surface area contributed by atoms with E-state index in [4.69, 9.17) is 9.47 Å². The minimum Gasteiger partial charge on any atom is -0.382 e. The van der Waals surface area contributed by atoms with Gasteiger partial charge in [0.15, 0.2) is 0 Å². The minimum atomic E-state index is -2.85. The molecule has 2 rings (SSSR count). The number of methoxy groups -OCH3 is 1. The van der Waals surface area contributed by atoms with Gasteiger partial charge in [-0.15, -0.1) is 0 Å². The number of nitrogens with zero attached hydrogens (tertiary/aromatic N) is 1. The van der Waals surface area contributed by atoms with Crippen molar-refractivity contribution < 1.29 is 23.0 Å². The second-order valence-electron chi connectivity index (χ2n) is 6.11. The molecule has 0 aromatic heterocycles. The van der Waals surface area contributed by atoms with E-state index < -0.39 is 29.3 Å². The molecule has 1 saturated heterocycles. The van der Waals surface area contributed by atoms with Crippen molar-refractivity contribution in [2.75, 3.05) is 26.8 Å². The summed E-state index contributed by atoms with van der Waals surface area (Å²) in [6, 6.07) is 0. The molecule has 1 heterocycles. The average Bonchev–Trinajstić information content (AvgIpc) is 2.75. The molecular weight excluding hydrogens is 256 g/mol. The fourth-order valence-corrected chi connectivity index (χ4v) is 2.79. The molecule has 0 radical (unpaired) electrons. The third kappa shape index (κ3) is 2.74. The fraction of sp³-hybridized carbons (Fsp3) is 0.923. The van der Waals surface area contributed by atoms with Crippen molar-refractivity contribution in [1.29, 1.82) is 0 Å². The van der Waals surface area contributed by atoms with Gasteiger partial charge < -0.3 is 14.4 Å². The molecule has 0 aromatic rings. The summed E-state index contributed by atoms with van der Waals surface area (Å²) < 4.78 is 37.5. The Kier molecular flexibility index (Phi) is 3.60. The quantitative estimate of drug-likeness (QED) is 0.785. The van der Waals surface area contributed by atoms with Crippen molar-refractivity contribution in [3.05, 3.63) is 0 Å². The molecule has 19 heavy (non-hydrogen) atoms. The van der Waals surface area contributed by atoms with Crippen molar-refractivity contribution in [2.45, 2.75) is 38.4 Å². The van der Waals surface area contributed by atoms with Gasteiger partial charge in [-0.3, -0.25) is 4.79 Å². The first-order valence-electron chi connectivity index (χ1n) is 6.52. The van der Waals surface area contributed by atoms with Crippen molar-refractivity contribution >= 4 is 5.91 Å². The van der Waals surface area contributed by atoms with Gasteiger partial charge in [-0.05, 0) is 13.8 Å². The molecule has 0 spiro atoms. The van der Waals surface area contributed by atoms with Gasteiger partial charge in [0.05, 0.1) is 18.3 Å². The molecule has 1 aliphatic carbocycles. The van der Waals surface area contributed by atoms with E-state index in [0.29, 0.717) is 19.7 Å². The Morgan fingerprint density at radius 3 is 2.53 bits per heavy atom. The van der Waals surface area contributed by atoms with Gasteiger partial charge in [-0.25, -0.2) is 8.78 Å². The largest absolute Gasteiger partial charge is 0.382 e. The van der Waals surface area contributed by atoms with Gasteiger partial charge in [0.25, 0.3) is 5.92 Å². The number of hydrogen-bond acceptors (Lipinski definition) is 3. The Bertz CT molecular complexity index is 373. The zero-order valence-electron chi connectivity index (χ0n) is 11.8. The number of ether oxygens (including phenoxy) is 2. The van der Waals surface area contributed by atoms with E-state index in [9.17, 15) is 13.6 Å². The van der Waals surface area contributed by atoms with Gasteiger partial charge in [-0.1, -0.05) is 6.92 Å². The molecule has 1 aliphatic heterocycles. The van der Waals surface area contributed by atoms with Crippen LogP contribution in [0.2, 0.25) is 0 Å². The van der Waals surface area contributed by atoms with Crippen LogP contribution < -0.4 is 0 Å². The lowest BCUT2D eigenvalue weighted by molar-refractivity contribution is -0.171. The average molecular weight is 277 g/mol. The highest BCUT2D eigenvalue weighted by atomic mass is 19.3. The number of morpholine rings is 1. The molecule has 0 bridgehead atoms. The maximum Gasteiger partial charge on any atom is 0.263 e. The summed E-state index contributed by atoms with van der Waals surface area (Å²) in [5.41, 5.74) is -0.537. The third-order valence-corrected chi connectivity index (χ3v) is 3.82. The molecule has 110 valence electrons. The number of halogens is 2. The number of carbonyl (C=O) groups is 1. The Morgan fingerprint density at radius 1 is 1.47 bits per heavy atom. The fourth-order valence-electron chi connectivity index (χ4n) is 2.79. The summed E-state index contributed by atoms with van der Waals surface area (Å²) >= 11 is 0. The summed E-state index contributed by atoms with van der Waals surface area (Å²) in [7, 11) is 1.55. The number of hydrogen-bond donors (Lipinski definition) is 0. The standard InChI is InChI=1S/C13H21F2NO3/c1-8-10(13(8,14)15)11(17)16-5-9(6-18-4)19-12(2,3)7-16/h8-10H,5-7H2,1-4H3/t8-,9?,10+/m1/s1. The van der Waals surface area contributed by atoms with Crippen molar-refractivity contribution in [3.8, 4) is 0 Å². The molecule has 0 aromatic carbocycles. The normalized spacial score (nSPS) is 36.1. The Morgan fingerprint density at radius 2 is 2.05 bits per heavy atom. The number of carbonyl (C=O) groups excluding carboxylic acids is 1. The van der Waals surface area contributed by atoms with Gasteiger partial charge in [-0.2, -0.15) is 0 Å². The second-order valence-corrected chi connectivity index (χ2v) is 6.11. The van der Waals surface area contributed by atoms with Gasteiger partial charge in [0, 0.05) is 26.1 Å². The zero-order chi connectivity index (χ0) is 14.4. The van der Waals surface area contributed by atoms with Gasteiger partial charge in [0.2, 0.25) is 5.91 Å². The first-order valence-corrected chi connectivity index (χ1v) is 6.52. The highest BCUT2D eigenvalue weighted by Crippen LogP contribution is 2.55. The van der Waals surface area contributed by atoms with E-state index in [1.54, 1.807) is 7.11 Å². The third-order valence-electron chi connectivity index (χ3n) is 3.82. The van der Waals surface area contributed by atoms with Crippen molar-refractivity contribution in [3.63, 3.8) is 0 Å². The van der Waals surface area contributed by atoms with Crippen LogP contribution in [0.25, 0.3) is 0 Å². The monoisotopic (exact) mass is 277 g/mol. The molecule has 1 saturated carbocycles. The molecule has 0 N–H and O–H groups in total. The molecule has 2 fully saturated rings. The van der Waals surface area contributed by atoms with E-state index in [0.717, 1.165) is 0 Å². The zero-order valence-corrected chi connectivity index (χ0v) is 11.8. The maximum atomic E-state index is 13.3. The summed E-state index contributed by atoms with van der Waals surface area (Å²) in [5, 5.41) is 0. The predicted octanol–water partition coefficient (Wildman–Crippen LogP) is 1.54. The van der Waals surface area contributed by atoms with Crippen LogP contribution in [0.15, 0.2) is 0 Å². The highest BCUT2D eigenvalue weighted by Gasteiger charge is 2.70. The van der Waals surface area contributed by atoms with Crippen molar-refractivity contribution in [1.82, 2.24) is 4.90 Å². The molecule has 1 amide bonds. The van der Waals surface area contributed by atoms with Gasteiger partial charge >= 0.3 is 0 Å². The summed E-state index contributed by atoms with van der Waals surface area (Å²) in [6.45, 7) is 6.12. The smallest absolute Gasteiger partial charge is 0.263 e. The molecule has 2 aliphatic rings. The lowest BCUT2D eigenvalue weighted by atomic mass is 10.0. The summed E-state index contributed by atoms with van der Waals surface area (Å²) in [5.74, 6) is -5.33. The van der Waals surface area contributed by atoms with Crippen molar-refractivity contribution in [2.24, 2.45) is 11.8 Å². The van der Waals surface area contributed by atoms with Crippen LogP contribution in [0.4, 0.5) is 8.78 Å². The predicted molar refractivity (Wildman–Crippen MR) is 65.0 cm³/mol. The SMILES string of the molecule is COCC1CN(C(=O)[C@@H]2[C@@H](C)C2(F)F)CC(C)(C)O1. The molecule has 6 heteroatoms. The number of alkyl halides is 2. The van der Waals surface area contributed by atoms with E-state index in [2.05, 4.69) is 0 Å². The second kappa shape index (κ2) is 4.66. The van der Waals surface area contributed by atoms with Crippen LogP contribution in [0.3, 0.4) is 0 Å². The first kappa shape index (κ1) is 14.7. The van der Waals surface area contributed by atoms with E-state index in [1.165, 1.54) is 11.8 Å². The summed E-state index contributed by atoms with van der Waals surface area (Å²) in [6.07, 6.45) is -0.264.